The molecule has 2 aliphatic heterocycles. The van der Waals surface area contributed by atoms with E-state index in [0.717, 1.165) is 31.9 Å². The molecular formula is C16H25IN4O. The van der Waals surface area contributed by atoms with Gasteiger partial charge in [-0.15, -0.1) is 24.0 Å². The number of ether oxygens (including phenoxy) is 1. The Balaban J connectivity index is 0.00000176. The number of likely N-dealkylation sites (tertiary alicyclic amines) is 1. The van der Waals surface area contributed by atoms with Gasteiger partial charge >= 0.3 is 0 Å². The third-order valence-electron chi connectivity index (χ3n) is 4.18. The Kier molecular flexibility index (Phi) is 6.75. The number of aliphatic imine (C=N–C) groups is 1. The van der Waals surface area contributed by atoms with Gasteiger partial charge in [-0.05, 0) is 32.0 Å². The molecular weight excluding hydrogens is 391 g/mol. The van der Waals surface area contributed by atoms with Crippen LogP contribution < -0.4 is 15.8 Å². The minimum absolute atomic E-state index is 0. The largest absolute Gasteiger partial charge is 0.493 e. The zero-order chi connectivity index (χ0) is 14.5. The first-order chi connectivity index (χ1) is 10.3. The summed E-state index contributed by atoms with van der Waals surface area (Å²) in [6.07, 6.45) is 3.55. The first kappa shape index (κ1) is 17.3. The molecule has 1 aromatic rings. The molecule has 0 aliphatic carbocycles. The Morgan fingerprint density at radius 2 is 2.09 bits per heavy atom. The number of nitrogens with one attached hydrogen (secondary N) is 1. The molecule has 0 amide bonds. The van der Waals surface area contributed by atoms with E-state index in [4.69, 9.17) is 10.5 Å². The van der Waals surface area contributed by atoms with Gasteiger partial charge in [0.05, 0.1) is 19.2 Å². The molecule has 1 aromatic carbocycles. The molecule has 2 heterocycles. The first-order valence-electron chi connectivity index (χ1n) is 7.83. The smallest absolute Gasteiger partial charge is 0.189 e. The molecule has 0 aromatic heterocycles. The zero-order valence-corrected chi connectivity index (χ0v) is 15.2. The molecule has 1 unspecified atom stereocenters. The Labute approximate surface area is 149 Å². The van der Waals surface area contributed by atoms with Gasteiger partial charge in [0.2, 0.25) is 0 Å². The minimum atomic E-state index is 0. The number of hydrogen-bond donors (Lipinski definition) is 2. The van der Waals surface area contributed by atoms with Crippen molar-refractivity contribution in [1.29, 1.82) is 0 Å². The molecule has 1 saturated heterocycles. The van der Waals surface area contributed by atoms with Crippen LogP contribution in [0.2, 0.25) is 0 Å². The molecule has 3 N–H and O–H groups in total. The molecule has 6 heteroatoms. The first-order valence-corrected chi connectivity index (χ1v) is 7.83. The van der Waals surface area contributed by atoms with Crippen LogP contribution in [0.1, 0.15) is 30.9 Å². The zero-order valence-electron chi connectivity index (χ0n) is 12.8. The maximum absolute atomic E-state index is 6.03. The molecule has 1 fully saturated rings. The number of benzene rings is 1. The van der Waals surface area contributed by atoms with Gasteiger partial charge in [0, 0.05) is 18.5 Å². The topological polar surface area (TPSA) is 62.9 Å². The monoisotopic (exact) mass is 416 g/mol. The lowest BCUT2D eigenvalue weighted by atomic mass is 10.0. The van der Waals surface area contributed by atoms with E-state index in [2.05, 4.69) is 21.3 Å². The van der Waals surface area contributed by atoms with Crippen molar-refractivity contribution in [3.63, 3.8) is 0 Å². The maximum atomic E-state index is 6.03. The van der Waals surface area contributed by atoms with Crippen molar-refractivity contribution in [2.45, 2.75) is 25.3 Å². The number of rotatable bonds is 4. The lowest BCUT2D eigenvalue weighted by Gasteiger charge is -2.27. The van der Waals surface area contributed by atoms with Gasteiger partial charge in [-0.1, -0.05) is 18.2 Å². The van der Waals surface area contributed by atoms with Crippen molar-refractivity contribution >= 4 is 29.9 Å². The molecule has 5 nitrogen and oxygen atoms in total. The summed E-state index contributed by atoms with van der Waals surface area (Å²) in [5.74, 6) is 1.49. The van der Waals surface area contributed by atoms with Crippen LogP contribution in [0.4, 0.5) is 0 Å². The fourth-order valence-electron chi connectivity index (χ4n) is 3.03. The molecule has 2 aliphatic rings. The summed E-state index contributed by atoms with van der Waals surface area (Å²) in [6.45, 7) is 4.90. The SMILES string of the molecule is I.NC(=NCCN1CCCC1)NC1CCOc2ccccc21. The van der Waals surface area contributed by atoms with Crippen LogP contribution in [0.5, 0.6) is 5.75 Å². The summed E-state index contributed by atoms with van der Waals surface area (Å²) < 4.78 is 5.66. The fraction of sp³-hybridized carbons (Fsp3) is 0.562. The van der Waals surface area contributed by atoms with Gasteiger partial charge < -0.3 is 20.7 Å². The van der Waals surface area contributed by atoms with Crippen LogP contribution in [-0.4, -0.2) is 43.6 Å². The second-order valence-electron chi connectivity index (χ2n) is 5.69. The van der Waals surface area contributed by atoms with Crippen LogP contribution in [0.25, 0.3) is 0 Å². The van der Waals surface area contributed by atoms with E-state index in [9.17, 15) is 0 Å². The maximum Gasteiger partial charge on any atom is 0.189 e. The van der Waals surface area contributed by atoms with Gasteiger partial charge in [0.15, 0.2) is 5.96 Å². The van der Waals surface area contributed by atoms with Crippen LogP contribution >= 0.6 is 24.0 Å². The van der Waals surface area contributed by atoms with Gasteiger partial charge in [0.25, 0.3) is 0 Å². The van der Waals surface area contributed by atoms with Crippen molar-refractivity contribution in [2.24, 2.45) is 10.7 Å². The van der Waals surface area contributed by atoms with E-state index in [1.54, 1.807) is 0 Å². The highest BCUT2D eigenvalue weighted by atomic mass is 127. The number of guanidine groups is 1. The second kappa shape index (κ2) is 8.57. The number of hydrogen-bond acceptors (Lipinski definition) is 3. The van der Waals surface area contributed by atoms with E-state index in [1.165, 1.54) is 31.5 Å². The Morgan fingerprint density at radius 3 is 2.91 bits per heavy atom. The highest BCUT2D eigenvalue weighted by Gasteiger charge is 2.21. The van der Waals surface area contributed by atoms with Gasteiger partial charge in [-0.2, -0.15) is 0 Å². The minimum Gasteiger partial charge on any atom is -0.493 e. The summed E-state index contributed by atoms with van der Waals surface area (Å²) in [5.41, 5.74) is 7.19. The predicted octanol–water partition coefficient (Wildman–Crippen LogP) is 2.13. The van der Waals surface area contributed by atoms with Crippen molar-refractivity contribution in [3.8, 4) is 5.75 Å². The molecule has 22 heavy (non-hydrogen) atoms. The van der Waals surface area contributed by atoms with Crippen molar-refractivity contribution in [3.05, 3.63) is 29.8 Å². The van der Waals surface area contributed by atoms with E-state index in [0.29, 0.717) is 5.96 Å². The number of para-hydroxylation sites is 1. The molecule has 122 valence electrons. The summed E-state index contributed by atoms with van der Waals surface area (Å²) in [6, 6.07) is 8.32. The van der Waals surface area contributed by atoms with Crippen molar-refractivity contribution in [2.75, 3.05) is 32.8 Å². The normalized spacial score (nSPS) is 21.6. The highest BCUT2D eigenvalue weighted by molar-refractivity contribution is 14.0. The predicted molar refractivity (Wildman–Crippen MR) is 100 cm³/mol. The Hall–Kier alpha value is -1.02. The second-order valence-corrected chi connectivity index (χ2v) is 5.69. The van der Waals surface area contributed by atoms with Gasteiger partial charge in [0.1, 0.15) is 5.75 Å². The third-order valence-corrected chi connectivity index (χ3v) is 4.18. The highest BCUT2D eigenvalue weighted by Crippen LogP contribution is 2.31. The molecule has 0 spiro atoms. The average molecular weight is 416 g/mol. The molecule has 1 atom stereocenters. The lowest BCUT2D eigenvalue weighted by molar-refractivity contribution is 0.262. The fourth-order valence-corrected chi connectivity index (χ4v) is 3.03. The van der Waals surface area contributed by atoms with Gasteiger partial charge in [-0.3, -0.25) is 4.99 Å². The number of nitrogens with zero attached hydrogens (tertiary/aromatic N) is 2. The summed E-state index contributed by atoms with van der Waals surface area (Å²) in [5, 5.41) is 3.33. The van der Waals surface area contributed by atoms with Crippen LogP contribution in [0, 0.1) is 0 Å². The standard InChI is InChI=1S/C16H24N4O.HI/c17-16(18-8-11-20-9-3-4-10-20)19-14-7-12-21-15-6-2-1-5-13(14)15;/h1-2,5-6,14H,3-4,7-12H2,(H3,17,18,19);1H. The molecule has 0 radical (unpaired) electrons. The van der Waals surface area contributed by atoms with Gasteiger partial charge in [-0.25, -0.2) is 0 Å². The van der Waals surface area contributed by atoms with E-state index in [-0.39, 0.29) is 30.0 Å². The third kappa shape index (κ3) is 4.49. The molecule has 3 rings (SSSR count). The number of halogens is 1. The molecule has 0 bridgehead atoms. The number of nitrogens with two attached hydrogens (primary N) is 1. The number of fused-ring (bicyclic) bond motifs is 1. The Morgan fingerprint density at radius 1 is 1.32 bits per heavy atom. The summed E-state index contributed by atoms with van der Waals surface area (Å²) >= 11 is 0. The Bertz CT molecular complexity index is 503. The van der Waals surface area contributed by atoms with E-state index >= 15 is 0 Å². The van der Waals surface area contributed by atoms with Crippen molar-refractivity contribution in [1.82, 2.24) is 10.2 Å². The summed E-state index contributed by atoms with van der Waals surface area (Å²) in [7, 11) is 0. The summed E-state index contributed by atoms with van der Waals surface area (Å²) in [4.78, 5) is 6.90. The quantitative estimate of drug-likeness (QED) is 0.449. The van der Waals surface area contributed by atoms with E-state index in [1.807, 2.05) is 18.2 Å². The van der Waals surface area contributed by atoms with Crippen LogP contribution in [0.3, 0.4) is 0 Å². The molecule has 0 saturated carbocycles. The lowest BCUT2D eigenvalue weighted by Crippen LogP contribution is -2.38. The van der Waals surface area contributed by atoms with E-state index < -0.39 is 0 Å². The average Bonchev–Trinajstić information content (AvgIpc) is 3.01. The van der Waals surface area contributed by atoms with Crippen LogP contribution in [0.15, 0.2) is 29.3 Å². The van der Waals surface area contributed by atoms with Crippen molar-refractivity contribution < 1.29 is 4.74 Å². The van der Waals surface area contributed by atoms with Crippen LogP contribution in [-0.2, 0) is 0 Å².